The van der Waals surface area contributed by atoms with Crippen LogP contribution in [0.3, 0.4) is 0 Å². The Hall–Kier alpha value is -1.90. The molecule has 162 valence electrons. The number of nitrogens with zero attached hydrogens (tertiary/aromatic N) is 4. The lowest BCUT2D eigenvalue weighted by Gasteiger charge is -2.20. The first-order valence-electron chi connectivity index (χ1n) is 10.9. The summed E-state index contributed by atoms with van der Waals surface area (Å²) in [4.78, 5) is 9.06. The van der Waals surface area contributed by atoms with E-state index < -0.39 is 14.7 Å². The topological polar surface area (TPSA) is 64.9 Å². The van der Waals surface area contributed by atoms with Gasteiger partial charge in [-0.1, -0.05) is 31.8 Å². The SMILES string of the molecule is C[Si](C)(C)CCOCC1C=Cc2c(-c3cnn(C(CF)[C@H]4CCNC4)c3)ncnc21. The van der Waals surface area contributed by atoms with Crippen molar-refractivity contribution in [3.8, 4) is 11.3 Å². The van der Waals surface area contributed by atoms with E-state index in [9.17, 15) is 4.39 Å². The zero-order valence-corrected chi connectivity index (χ0v) is 19.1. The molecule has 0 spiro atoms. The lowest BCUT2D eigenvalue weighted by atomic mass is 10.0. The van der Waals surface area contributed by atoms with Gasteiger partial charge >= 0.3 is 0 Å². The van der Waals surface area contributed by atoms with E-state index in [0.717, 1.165) is 54.7 Å². The molecule has 0 amide bonds. The molecule has 0 radical (unpaired) electrons. The molecule has 3 heterocycles. The zero-order chi connectivity index (χ0) is 21.1. The fraction of sp³-hybridized carbons (Fsp3) is 0.591. The van der Waals surface area contributed by atoms with Crippen molar-refractivity contribution in [3.63, 3.8) is 0 Å². The Labute approximate surface area is 179 Å². The molecule has 8 heteroatoms. The fourth-order valence-electron chi connectivity index (χ4n) is 4.19. The zero-order valence-electron chi connectivity index (χ0n) is 18.1. The van der Waals surface area contributed by atoms with Crippen molar-refractivity contribution in [3.05, 3.63) is 36.1 Å². The Bertz CT molecular complexity index is 888. The highest BCUT2D eigenvalue weighted by atomic mass is 28.3. The average Bonchev–Trinajstić information content (AvgIpc) is 3.46. The van der Waals surface area contributed by atoms with Crippen LogP contribution in [-0.4, -0.2) is 60.8 Å². The van der Waals surface area contributed by atoms with E-state index in [1.54, 1.807) is 17.2 Å². The summed E-state index contributed by atoms with van der Waals surface area (Å²) in [7, 11) is -1.09. The van der Waals surface area contributed by atoms with Crippen LogP contribution in [0.25, 0.3) is 17.3 Å². The Morgan fingerprint density at radius 2 is 2.20 bits per heavy atom. The summed E-state index contributed by atoms with van der Waals surface area (Å²) in [5.41, 5.74) is 3.79. The standard InChI is InChI=1S/C22H32FN5OSi/c1-30(2,3)9-8-29-14-17-4-5-19-21(17)25-15-26-22(19)18-12-27-28(13-18)20(10-23)16-6-7-24-11-16/h4-5,12-13,15-17,20,24H,6-11,14H2,1-3H3/t16-,17?,20?/m0/s1. The molecule has 2 unspecified atom stereocenters. The molecule has 1 fully saturated rings. The summed E-state index contributed by atoms with van der Waals surface area (Å²) >= 11 is 0. The minimum Gasteiger partial charge on any atom is -0.381 e. The number of rotatable bonds is 9. The third-order valence-corrected chi connectivity index (χ3v) is 7.77. The van der Waals surface area contributed by atoms with E-state index in [1.165, 1.54) is 0 Å². The monoisotopic (exact) mass is 429 g/mol. The number of hydrogen-bond acceptors (Lipinski definition) is 5. The van der Waals surface area contributed by atoms with E-state index in [2.05, 4.69) is 52.2 Å². The molecule has 4 rings (SSSR count). The predicted octanol–water partition coefficient (Wildman–Crippen LogP) is 3.93. The largest absolute Gasteiger partial charge is 0.381 e. The molecule has 1 aliphatic heterocycles. The maximum Gasteiger partial charge on any atom is 0.116 e. The summed E-state index contributed by atoms with van der Waals surface area (Å²) < 4.78 is 21.5. The van der Waals surface area contributed by atoms with Crippen LogP contribution in [0, 0.1) is 5.92 Å². The van der Waals surface area contributed by atoms with Crippen LogP contribution >= 0.6 is 0 Å². The first kappa shape index (κ1) is 21.3. The number of nitrogens with one attached hydrogen (secondary N) is 1. The molecule has 3 atom stereocenters. The summed E-state index contributed by atoms with van der Waals surface area (Å²) in [6.07, 6.45) is 10.5. The molecule has 0 saturated carbocycles. The maximum atomic E-state index is 13.8. The third-order valence-electron chi connectivity index (χ3n) is 6.07. The van der Waals surface area contributed by atoms with Crippen LogP contribution in [0.1, 0.15) is 29.6 Å². The number of ether oxygens (including phenoxy) is 1. The summed E-state index contributed by atoms with van der Waals surface area (Å²) in [5, 5.41) is 7.80. The Morgan fingerprint density at radius 1 is 1.33 bits per heavy atom. The van der Waals surface area contributed by atoms with Gasteiger partial charge in [-0.2, -0.15) is 5.10 Å². The third kappa shape index (κ3) is 4.71. The quantitative estimate of drug-likeness (QED) is 0.483. The molecule has 0 bridgehead atoms. The van der Waals surface area contributed by atoms with Crippen LogP contribution < -0.4 is 5.32 Å². The average molecular weight is 430 g/mol. The van der Waals surface area contributed by atoms with Gasteiger partial charge in [-0.3, -0.25) is 4.68 Å². The van der Waals surface area contributed by atoms with Crippen molar-refractivity contribution in [2.45, 2.75) is 44.1 Å². The van der Waals surface area contributed by atoms with Crippen LogP contribution in [0.15, 0.2) is 24.8 Å². The predicted molar refractivity (Wildman–Crippen MR) is 120 cm³/mol. The fourth-order valence-corrected chi connectivity index (χ4v) is 4.94. The molecule has 2 aromatic rings. The number of halogens is 1. The van der Waals surface area contributed by atoms with Gasteiger partial charge in [0.1, 0.15) is 13.0 Å². The molecule has 1 N–H and O–H groups in total. The molecular weight excluding hydrogens is 397 g/mol. The van der Waals surface area contributed by atoms with Crippen molar-refractivity contribution in [1.29, 1.82) is 0 Å². The van der Waals surface area contributed by atoms with Crippen LogP contribution in [-0.2, 0) is 4.74 Å². The highest BCUT2D eigenvalue weighted by molar-refractivity contribution is 6.76. The van der Waals surface area contributed by atoms with E-state index in [-0.39, 0.29) is 17.9 Å². The maximum absolute atomic E-state index is 13.8. The number of fused-ring (bicyclic) bond motifs is 1. The van der Waals surface area contributed by atoms with E-state index in [1.807, 2.05) is 6.20 Å². The van der Waals surface area contributed by atoms with E-state index >= 15 is 0 Å². The summed E-state index contributed by atoms with van der Waals surface area (Å²) in [5.74, 6) is 0.429. The molecular formula is C22H32FN5OSi. The Kier molecular flexibility index (Phi) is 6.45. The molecule has 2 aliphatic rings. The molecule has 0 aromatic carbocycles. The molecule has 1 aliphatic carbocycles. The lowest BCUT2D eigenvalue weighted by molar-refractivity contribution is 0.140. The normalized spacial score (nSPS) is 21.9. The van der Waals surface area contributed by atoms with Crippen molar-refractivity contribution in [2.24, 2.45) is 5.92 Å². The summed E-state index contributed by atoms with van der Waals surface area (Å²) in [6.45, 7) is 9.90. The number of aromatic nitrogens is 4. The van der Waals surface area contributed by atoms with Gasteiger partial charge in [-0.15, -0.1) is 0 Å². The minimum absolute atomic E-state index is 0.154. The van der Waals surface area contributed by atoms with Crippen LogP contribution in [0.2, 0.25) is 25.7 Å². The van der Waals surface area contributed by atoms with Crippen molar-refractivity contribution >= 4 is 14.1 Å². The van der Waals surface area contributed by atoms with E-state index in [0.29, 0.717) is 6.61 Å². The number of alkyl halides is 1. The van der Waals surface area contributed by atoms with Crippen molar-refractivity contribution in [2.75, 3.05) is 33.0 Å². The minimum atomic E-state index is -1.09. The van der Waals surface area contributed by atoms with Gasteiger partial charge < -0.3 is 10.1 Å². The van der Waals surface area contributed by atoms with Gasteiger partial charge in [0.25, 0.3) is 0 Å². The van der Waals surface area contributed by atoms with Crippen LogP contribution in [0.5, 0.6) is 0 Å². The molecule has 1 saturated heterocycles. The summed E-state index contributed by atoms with van der Waals surface area (Å²) in [6, 6.07) is 0.934. The molecule has 6 nitrogen and oxygen atoms in total. The first-order valence-corrected chi connectivity index (χ1v) is 14.6. The van der Waals surface area contributed by atoms with Gasteiger partial charge in [-0.25, -0.2) is 14.4 Å². The Balaban J connectivity index is 1.47. The highest BCUT2D eigenvalue weighted by Crippen LogP contribution is 2.35. The van der Waals surface area contributed by atoms with Gasteiger partial charge in [0.15, 0.2) is 0 Å². The van der Waals surface area contributed by atoms with E-state index in [4.69, 9.17) is 4.74 Å². The lowest BCUT2D eigenvalue weighted by Crippen LogP contribution is -2.23. The van der Waals surface area contributed by atoms with Crippen molar-refractivity contribution in [1.82, 2.24) is 25.1 Å². The van der Waals surface area contributed by atoms with Gasteiger partial charge in [-0.05, 0) is 24.9 Å². The second kappa shape index (κ2) is 9.07. The molecule has 30 heavy (non-hydrogen) atoms. The smallest absolute Gasteiger partial charge is 0.116 e. The second-order valence-corrected chi connectivity index (χ2v) is 15.2. The van der Waals surface area contributed by atoms with Gasteiger partial charge in [0, 0.05) is 44.5 Å². The van der Waals surface area contributed by atoms with Crippen LogP contribution in [0.4, 0.5) is 4.39 Å². The van der Waals surface area contributed by atoms with Gasteiger partial charge in [0.05, 0.1) is 30.2 Å². The Morgan fingerprint density at radius 3 is 2.93 bits per heavy atom. The highest BCUT2D eigenvalue weighted by Gasteiger charge is 2.28. The second-order valence-electron chi connectivity index (χ2n) is 9.56. The van der Waals surface area contributed by atoms with Gasteiger partial charge in [0.2, 0.25) is 0 Å². The number of hydrogen-bond donors (Lipinski definition) is 1. The first-order chi connectivity index (χ1) is 14.5. The molecule has 2 aromatic heterocycles. The van der Waals surface area contributed by atoms with Crippen molar-refractivity contribution < 1.29 is 9.13 Å².